The third-order valence-corrected chi connectivity index (χ3v) is 2.25. The highest BCUT2D eigenvalue weighted by Crippen LogP contribution is 2.20. The molecular formula is C11H10NO3. The molecule has 77 valence electrons. The first-order valence-corrected chi connectivity index (χ1v) is 4.59. The van der Waals surface area contributed by atoms with Crippen LogP contribution in [0.15, 0.2) is 24.3 Å². The third-order valence-electron chi connectivity index (χ3n) is 2.25. The van der Waals surface area contributed by atoms with Gasteiger partial charge in [0, 0.05) is 11.3 Å². The van der Waals surface area contributed by atoms with Crippen LogP contribution in [0.5, 0.6) is 0 Å². The van der Waals surface area contributed by atoms with Crippen molar-refractivity contribution >= 4 is 17.6 Å². The number of ether oxygens (including phenoxy) is 1. The number of cyclic esters (lactones) is 1. The largest absolute Gasteiger partial charge is 0.440 e. The summed E-state index contributed by atoms with van der Waals surface area (Å²) in [5.41, 5.74) is 1.37. The minimum Gasteiger partial charge on any atom is -0.440 e. The van der Waals surface area contributed by atoms with Crippen molar-refractivity contribution in [1.82, 2.24) is 0 Å². The lowest BCUT2D eigenvalue weighted by molar-refractivity contribution is 0.101. The molecule has 1 amide bonds. The van der Waals surface area contributed by atoms with Crippen molar-refractivity contribution in [2.45, 2.75) is 6.92 Å². The summed E-state index contributed by atoms with van der Waals surface area (Å²) in [6, 6.07) is 6.86. The maximum Gasteiger partial charge on any atom is 0.414 e. The van der Waals surface area contributed by atoms with Gasteiger partial charge in [-0.15, -0.1) is 0 Å². The van der Waals surface area contributed by atoms with E-state index in [1.807, 2.05) is 0 Å². The summed E-state index contributed by atoms with van der Waals surface area (Å²) in [5.74, 6) is 0.0112. The SMILES string of the molecule is CC(=O)c1ccc(N2C[CH]OC2=O)cc1. The molecule has 1 aromatic carbocycles. The zero-order chi connectivity index (χ0) is 10.8. The van der Waals surface area contributed by atoms with Gasteiger partial charge in [-0.3, -0.25) is 9.69 Å². The Bertz CT molecular complexity index is 397. The van der Waals surface area contributed by atoms with Crippen LogP contribution in [-0.2, 0) is 4.74 Å². The van der Waals surface area contributed by atoms with Gasteiger partial charge in [-0.2, -0.15) is 0 Å². The van der Waals surface area contributed by atoms with Gasteiger partial charge in [0.15, 0.2) is 12.4 Å². The highest BCUT2D eigenvalue weighted by molar-refractivity contribution is 5.95. The Hall–Kier alpha value is -1.84. The van der Waals surface area contributed by atoms with Crippen LogP contribution in [-0.4, -0.2) is 18.4 Å². The predicted molar refractivity (Wildman–Crippen MR) is 54.6 cm³/mol. The monoisotopic (exact) mass is 204 g/mol. The van der Waals surface area contributed by atoms with Gasteiger partial charge in [0.1, 0.15) is 0 Å². The molecular weight excluding hydrogens is 194 g/mol. The molecule has 0 unspecified atom stereocenters. The van der Waals surface area contributed by atoms with Crippen molar-refractivity contribution in [2.24, 2.45) is 0 Å². The zero-order valence-corrected chi connectivity index (χ0v) is 8.27. The van der Waals surface area contributed by atoms with Crippen molar-refractivity contribution in [3.63, 3.8) is 0 Å². The first kappa shape index (κ1) is 9.71. The average Bonchev–Trinajstić information content (AvgIpc) is 2.65. The van der Waals surface area contributed by atoms with Crippen molar-refractivity contribution in [1.29, 1.82) is 0 Å². The molecule has 1 fully saturated rings. The van der Waals surface area contributed by atoms with Crippen molar-refractivity contribution in [2.75, 3.05) is 11.4 Å². The van der Waals surface area contributed by atoms with E-state index in [9.17, 15) is 9.59 Å². The van der Waals surface area contributed by atoms with Crippen LogP contribution in [0, 0.1) is 6.61 Å². The van der Waals surface area contributed by atoms with Crippen LogP contribution in [0.2, 0.25) is 0 Å². The smallest absolute Gasteiger partial charge is 0.414 e. The number of nitrogens with zero attached hydrogens (tertiary/aromatic N) is 1. The van der Waals surface area contributed by atoms with Gasteiger partial charge < -0.3 is 4.74 Å². The molecule has 1 aliphatic rings. The molecule has 4 heteroatoms. The lowest BCUT2D eigenvalue weighted by Gasteiger charge is -2.12. The first-order valence-electron chi connectivity index (χ1n) is 4.59. The Labute approximate surface area is 87.4 Å². The number of ketones is 1. The minimum atomic E-state index is -0.384. The number of rotatable bonds is 2. The molecule has 0 saturated carbocycles. The maximum absolute atomic E-state index is 11.2. The maximum atomic E-state index is 11.2. The molecule has 1 aromatic rings. The third kappa shape index (κ3) is 1.83. The van der Waals surface area contributed by atoms with E-state index in [4.69, 9.17) is 4.74 Å². The molecule has 0 aliphatic carbocycles. The number of benzene rings is 1. The summed E-state index contributed by atoms with van der Waals surface area (Å²) in [6.07, 6.45) is -0.384. The highest BCUT2D eigenvalue weighted by Gasteiger charge is 2.23. The van der Waals surface area contributed by atoms with E-state index in [0.717, 1.165) is 5.69 Å². The number of carbonyl (C=O) groups is 2. The molecule has 1 aliphatic heterocycles. The number of Topliss-reactive ketones (excluding diaryl/α,β-unsaturated/α-hetero) is 1. The van der Waals surface area contributed by atoms with E-state index in [2.05, 4.69) is 0 Å². The second-order valence-electron chi connectivity index (χ2n) is 3.26. The van der Waals surface area contributed by atoms with Gasteiger partial charge in [-0.05, 0) is 31.2 Å². The van der Waals surface area contributed by atoms with Gasteiger partial charge in [-0.25, -0.2) is 4.79 Å². The number of hydrogen-bond donors (Lipinski definition) is 0. The number of carbonyl (C=O) groups excluding carboxylic acids is 2. The molecule has 1 saturated heterocycles. The summed E-state index contributed by atoms with van der Waals surface area (Å²) in [7, 11) is 0. The van der Waals surface area contributed by atoms with E-state index < -0.39 is 0 Å². The molecule has 0 spiro atoms. The van der Waals surface area contributed by atoms with Crippen molar-refractivity contribution in [3.05, 3.63) is 36.4 Å². The fourth-order valence-corrected chi connectivity index (χ4v) is 1.41. The lowest BCUT2D eigenvalue weighted by Crippen LogP contribution is -2.22. The minimum absolute atomic E-state index is 0.0112. The Morgan fingerprint density at radius 1 is 1.33 bits per heavy atom. The summed E-state index contributed by atoms with van der Waals surface area (Å²) >= 11 is 0. The zero-order valence-electron chi connectivity index (χ0n) is 8.27. The van der Waals surface area contributed by atoms with Crippen LogP contribution in [0.1, 0.15) is 17.3 Å². The summed E-state index contributed by atoms with van der Waals surface area (Å²) in [5, 5.41) is 0. The van der Waals surface area contributed by atoms with E-state index in [1.54, 1.807) is 24.3 Å². The van der Waals surface area contributed by atoms with Gasteiger partial charge in [-0.1, -0.05) is 0 Å². The average molecular weight is 204 g/mol. The van der Waals surface area contributed by atoms with Gasteiger partial charge >= 0.3 is 6.09 Å². The summed E-state index contributed by atoms with van der Waals surface area (Å²) < 4.78 is 4.69. The van der Waals surface area contributed by atoms with Gasteiger partial charge in [0.25, 0.3) is 0 Å². The van der Waals surface area contributed by atoms with Crippen LogP contribution in [0.4, 0.5) is 10.5 Å². The normalized spacial score (nSPS) is 15.3. The predicted octanol–water partition coefficient (Wildman–Crippen LogP) is 2.01. The van der Waals surface area contributed by atoms with Crippen molar-refractivity contribution < 1.29 is 14.3 Å². The second-order valence-corrected chi connectivity index (χ2v) is 3.26. The first-order chi connectivity index (χ1) is 7.18. The van der Waals surface area contributed by atoms with Gasteiger partial charge in [0.2, 0.25) is 0 Å². The molecule has 0 aromatic heterocycles. The standard InChI is InChI=1S/C11H10NO3/c1-8(13)9-2-4-10(5-3-9)12-6-7-15-11(12)14/h2-5,7H,6H2,1H3. The Morgan fingerprint density at radius 3 is 2.47 bits per heavy atom. The number of hydrogen-bond acceptors (Lipinski definition) is 3. The fourth-order valence-electron chi connectivity index (χ4n) is 1.41. The van der Waals surface area contributed by atoms with Crippen LogP contribution >= 0.6 is 0 Å². The molecule has 2 rings (SSSR count). The number of anilines is 1. The van der Waals surface area contributed by atoms with Crippen LogP contribution in [0.25, 0.3) is 0 Å². The molecule has 0 atom stereocenters. The summed E-state index contributed by atoms with van der Waals surface area (Å²) in [4.78, 5) is 23.7. The lowest BCUT2D eigenvalue weighted by atomic mass is 10.1. The molecule has 0 bridgehead atoms. The fraction of sp³-hybridized carbons (Fsp3) is 0.182. The Morgan fingerprint density at radius 2 is 2.00 bits per heavy atom. The van der Waals surface area contributed by atoms with E-state index in [1.165, 1.54) is 18.4 Å². The van der Waals surface area contributed by atoms with Crippen LogP contribution in [0.3, 0.4) is 0 Å². The summed E-state index contributed by atoms with van der Waals surface area (Å²) in [6.45, 7) is 3.40. The number of amides is 1. The second kappa shape index (κ2) is 3.73. The Balaban J connectivity index is 2.23. The van der Waals surface area contributed by atoms with Gasteiger partial charge in [0.05, 0.1) is 6.54 Å². The molecule has 15 heavy (non-hydrogen) atoms. The molecule has 0 N–H and O–H groups in total. The van der Waals surface area contributed by atoms with Crippen LogP contribution < -0.4 is 4.90 Å². The van der Waals surface area contributed by atoms with Crippen molar-refractivity contribution in [3.8, 4) is 0 Å². The Kier molecular flexibility index (Phi) is 2.41. The topological polar surface area (TPSA) is 46.6 Å². The van der Waals surface area contributed by atoms with E-state index in [0.29, 0.717) is 12.1 Å². The quantitative estimate of drug-likeness (QED) is 0.692. The van der Waals surface area contributed by atoms with E-state index >= 15 is 0 Å². The molecule has 4 nitrogen and oxygen atoms in total. The highest BCUT2D eigenvalue weighted by atomic mass is 16.6. The molecule has 1 radical (unpaired) electrons. The molecule has 1 heterocycles. The van der Waals surface area contributed by atoms with E-state index in [-0.39, 0.29) is 11.9 Å².